The lowest BCUT2D eigenvalue weighted by molar-refractivity contribution is -0.133. The van der Waals surface area contributed by atoms with Gasteiger partial charge in [-0.25, -0.2) is 9.37 Å². The van der Waals surface area contributed by atoms with Crippen LogP contribution in [0.25, 0.3) is 11.0 Å². The lowest BCUT2D eigenvalue weighted by atomic mass is 10.2. The van der Waals surface area contributed by atoms with Crippen molar-refractivity contribution in [3.8, 4) is 0 Å². The van der Waals surface area contributed by atoms with Crippen LogP contribution in [0.4, 0.5) is 4.39 Å². The number of H-pyrrole nitrogens is 1. The zero-order chi connectivity index (χ0) is 18.8. The van der Waals surface area contributed by atoms with Crippen LogP contribution in [0.1, 0.15) is 30.3 Å². The summed E-state index contributed by atoms with van der Waals surface area (Å²) in [5, 5.41) is 0. The normalized spacial score (nSPS) is 17.1. The monoisotopic (exact) mass is 367 g/mol. The van der Waals surface area contributed by atoms with Gasteiger partial charge in [0.15, 0.2) is 0 Å². The van der Waals surface area contributed by atoms with Gasteiger partial charge < -0.3 is 9.88 Å². The fourth-order valence-corrected chi connectivity index (χ4v) is 3.69. The Morgan fingerprint density at radius 1 is 1.33 bits per heavy atom. The maximum atomic E-state index is 13.4. The molecule has 4 rings (SSSR count). The number of imidazole rings is 1. The van der Waals surface area contributed by atoms with Crippen LogP contribution in [0.5, 0.6) is 0 Å². The number of pyridine rings is 1. The molecule has 3 aromatic rings. The molecular weight excluding hydrogens is 345 g/mol. The van der Waals surface area contributed by atoms with E-state index in [0.29, 0.717) is 18.6 Å². The maximum absolute atomic E-state index is 13.4. The van der Waals surface area contributed by atoms with E-state index in [9.17, 15) is 9.18 Å². The molecule has 1 amide bonds. The number of carbonyl (C=O) groups excluding carboxylic acids is 1. The largest absolute Gasteiger partial charge is 0.340 e. The van der Waals surface area contributed by atoms with Crippen LogP contribution in [-0.2, 0) is 11.3 Å². The molecule has 3 heterocycles. The van der Waals surface area contributed by atoms with Gasteiger partial charge in [-0.05, 0) is 55.8 Å². The van der Waals surface area contributed by atoms with Gasteiger partial charge >= 0.3 is 0 Å². The second-order valence-electron chi connectivity index (χ2n) is 7.06. The van der Waals surface area contributed by atoms with Crippen molar-refractivity contribution < 1.29 is 9.18 Å². The second-order valence-corrected chi connectivity index (χ2v) is 7.06. The SMILES string of the molecule is CN(CC(=O)N1CCC[C@@H]1c1nc2ccc(F)cc2[nH]1)Cc1ccncc1. The summed E-state index contributed by atoms with van der Waals surface area (Å²) in [6.45, 7) is 1.75. The predicted molar refractivity (Wildman–Crippen MR) is 100 cm³/mol. The molecule has 0 radical (unpaired) electrons. The zero-order valence-electron chi connectivity index (χ0n) is 15.2. The topological polar surface area (TPSA) is 65.1 Å². The molecule has 2 aromatic heterocycles. The molecule has 1 aliphatic rings. The third-order valence-corrected chi connectivity index (χ3v) is 4.96. The highest BCUT2D eigenvalue weighted by atomic mass is 19.1. The number of nitrogens with one attached hydrogen (secondary N) is 1. The molecule has 1 atom stereocenters. The molecule has 0 spiro atoms. The number of rotatable bonds is 5. The molecule has 0 unspecified atom stereocenters. The number of nitrogens with zero attached hydrogens (tertiary/aromatic N) is 4. The minimum Gasteiger partial charge on any atom is -0.340 e. The quantitative estimate of drug-likeness (QED) is 0.753. The maximum Gasteiger partial charge on any atom is 0.237 e. The Labute approximate surface area is 157 Å². The molecule has 6 nitrogen and oxygen atoms in total. The van der Waals surface area contributed by atoms with Gasteiger partial charge in [-0.15, -0.1) is 0 Å². The number of aromatic amines is 1. The van der Waals surface area contributed by atoms with Crippen molar-refractivity contribution in [1.29, 1.82) is 0 Å². The first-order chi connectivity index (χ1) is 13.1. The summed E-state index contributed by atoms with van der Waals surface area (Å²) in [6.07, 6.45) is 5.32. The van der Waals surface area contributed by atoms with Gasteiger partial charge in [0, 0.05) is 25.5 Å². The number of likely N-dealkylation sites (N-methyl/N-ethyl adjacent to an activating group) is 1. The fourth-order valence-electron chi connectivity index (χ4n) is 3.69. The number of amides is 1. The highest BCUT2D eigenvalue weighted by Crippen LogP contribution is 2.31. The van der Waals surface area contributed by atoms with Gasteiger partial charge in [-0.2, -0.15) is 0 Å². The van der Waals surface area contributed by atoms with Gasteiger partial charge in [-0.3, -0.25) is 14.7 Å². The van der Waals surface area contributed by atoms with Gasteiger partial charge in [0.2, 0.25) is 5.91 Å². The van der Waals surface area contributed by atoms with Gasteiger partial charge in [0.25, 0.3) is 0 Å². The van der Waals surface area contributed by atoms with E-state index in [1.165, 1.54) is 12.1 Å². The Morgan fingerprint density at radius 3 is 2.96 bits per heavy atom. The van der Waals surface area contributed by atoms with Crippen molar-refractivity contribution in [2.75, 3.05) is 20.1 Å². The minimum atomic E-state index is -0.296. The highest BCUT2D eigenvalue weighted by molar-refractivity contribution is 5.79. The summed E-state index contributed by atoms with van der Waals surface area (Å²) >= 11 is 0. The third kappa shape index (κ3) is 3.83. The lowest BCUT2D eigenvalue weighted by Crippen LogP contribution is -2.38. The van der Waals surface area contributed by atoms with Crippen LogP contribution in [0.3, 0.4) is 0 Å². The Balaban J connectivity index is 1.46. The van der Waals surface area contributed by atoms with Crippen LogP contribution in [0.15, 0.2) is 42.7 Å². The number of hydrogen-bond donors (Lipinski definition) is 1. The van der Waals surface area contributed by atoms with E-state index in [1.807, 2.05) is 29.0 Å². The van der Waals surface area contributed by atoms with E-state index in [2.05, 4.69) is 15.0 Å². The van der Waals surface area contributed by atoms with E-state index < -0.39 is 0 Å². The summed E-state index contributed by atoms with van der Waals surface area (Å²) in [7, 11) is 1.94. The fraction of sp³-hybridized carbons (Fsp3) is 0.350. The first-order valence-electron chi connectivity index (χ1n) is 9.12. The summed E-state index contributed by atoms with van der Waals surface area (Å²) in [5.74, 6) is 0.522. The average Bonchev–Trinajstić information content (AvgIpc) is 3.28. The molecular formula is C20H22FN5O. The summed E-state index contributed by atoms with van der Waals surface area (Å²) in [5.41, 5.74) is 2.51. The highest BCUT2D eigenvalue weighted by Gasteiger charge is 2.32. The first-order valence-corrected chi connectivity index (χ1v) is 9.12. The zero-order valence-corrected chi connectivity index (χ0v) is 15.2. The number of halogens is 1. The number of fused-ring (bicyclic) bond motifs is 1. The third-order valence-electron chi connectivity index (χ3n) is 4.96. The Kier molecular flexibility index (Phi) is 4.85. The van der Waals surface area contributed by atoms with Crippen molar-refractivity contribution in [2.24, 2.45) is 0 Å². The average molecular weight is 367 g/mol. The molecule has 0 aliphatic carbocycles. The van der Waals surface area contributed by atoms with Gasteiger partial charge in [0.05, 0.1) is 23.6 Å². The number of benzene rings is 1. The standard InChI is InChI=1S/C20H22FN5O/c1-25(12-14-6-8-22-9-7-14)13-19(27)26-10-2-3-18(26)20-23-16-5-4-15(21)11-17(16)24-20/h4-9,11,18H,2-3,10,12-13H2,1H3,(H,23,24)/t18-/m1/s1. The number of aromatic nitrogens is 3. The van der Waals surface area contributed by atoms with E-state index in [0.717, 1.165) is 36.3 Å². The summed E-state index contributed by atoms with van der Waals surface area (Å²) in [4.78, 5) is 28.5. The Bertz CT molecular complexity index is 942. The molecule has 1 aromatic carbocycles. The second kappa shape index (κ2) is 7.44. The van der Waals surface area contributed by atoms with Crippen LogP contribution in [0.2, 0.25) is 0 Å². The molecule has 1 saturated heterocycles. The van der Waals surface area contributed by atoms with Gasteiger partial charge in [0.1, 0.15) is 11.6 Å². The van der Waals surface area contributed by atoms with E-state index in [1.54, 1.807) is 18.5 Å². The van der Waals surface area contributed by atoms with Crippen molar-refractivity contribution in [3.63, 3.8) is 0 Å². The number of carbonyl (C=O) groups is 1. The molecule has 1 aliphatic heterocycles. The lowest BCUT2D eigenvalue weighted by Gasteiger charge is -2.26. The van der Waals surface area contributed by atoms with E-state index in [-0.39, 0.29) is 17.8 Å². The first kappa shape index (κ1) is 17.6. The molecule has 1 fully saturated rings. The molecule has 1 N–H and O–H groups in total. The number of likely N-dealkylation sites (tertiary alicyclic amines) is 1. The molecule has 0 bridgehead atoms. The van der Waals surface area contributed by atoms with Crippen molar-refractivity contribution >= 4 is 16.9 Å². The molecule has 7 heteroatoms. The van der Waals surface area contributed by atoms with Gasteiger partial charge in [-0.1, -0.05) is 0 Å². The summed E-state index contributed by atoms with van der Waals surface area (Å²) < 4.78 is 13.4. The minimum absolute atomic E-state index is 0.0812. The predicted octanol–water partition coefficient (Wildman–Crippen LogP) is 2.89. The van der Waals surface area contributed by atoms with Crippen molar-refractivity contribution in [2.45, 2.75) is 25.4 Å². The van der Waals surface area contributed by atoms with Crippen molar-refractivity contribution in [1.82, 2.24) is 24.8 Å². The van der Waals surface area contributed by atoms with E-state index in [4.69, 9.17) is 0 Å². The molecule has 27 heavy (non-hydrogen) atoms. The Morgan fingerprint density at radius 2 is 2.15 bits per heavy atom. The van der Waals surface area contributed by atoms with Crippen LogP contribution in [0, 0.1) is 5.82 Å². The Hall–Kier alpha value is -2.80. The van der Waals surface area contributed by atoms with Crippen LogP contribution in [-0.4, -0.2) is 50.8 Å². The number of hydrogen-bond acceptors (Lipinski definition) is 4. The van der Waals surface area contributed by atoms with Crippen LogP contribution >= 0.6 is 0 Å². The van der Waals surface area contributed by atoms with Crippen molar-refractivity contribution in [3.05, 3.63) is 59.9 Å². The molecule has 140 valence electrons. The molecule has 0 saturated carbocycles. The van der Waals surface area contributed by atoms with E-state index >= 15 is 0 Å². The summed E-state index contributed by atoms with van der Waals surface area (Å²) in [6, 6.07) is 8.32. The van der Waals surface area contributed by atoms with Crippen LogP contribution < -0.4 is 0 Å². The smallest absolute Gasteiger partial charge is 0.237 e.